The molecule has 3 nitrogen and oxygen atoms in total. The number of carbonyl (C=O) groups excluding carboxylic acids is 1. The zero-order valence-electron chi connectivity index (χ0n) is 11.9. The quantitative estimate of drug-likeness (QED) is 0.833. The second kappa shape index (κ2) is 5.61. The van der Waals surface area contributed by atoms with Gasteiger partial charge < -0.3 is 11.1 Å². The van der Waals surface area contributed by atoms with E-state index in [1.807, 2.05) is 6.92 Å². The van der Waals surface area contributed by atoms with Crippen molar-refractivity contribution in [2.45, 2.75) is 45.4 Å². The summed E-state index contributed by atoms with van der Waals surface area (Å²) in [7, 11) is 0. The number of carbonyl (C=O) groups is 1. The fourth-order valence-corrected chi connectivity index (χ4v) is 5.06. The molecule has 4 bridgehead atoms. The van der Waals surface area contributed by atoms with Gasteiger partial charge in [-0.15, -0.1) is 12.4 Å². The van der Waals surface area contributed by atoms with Crippen LogP contribution in [0.1, 0.15) is 45.4 Å². The SMILES string of the molecule is CC(CN)C(=O)NCC12CC3CC(CC(C3)C1)C2.Cl. The van der Waals surface area contributed by atoms with Gasteiger partial charge in [0.05, 0.1) is 0 Å². The Labute approximate surface area is 122 Å². The average molecular weight is 287 g/mol. The van der Waals surface area contributed by atoms with Crippen LogP contribution in [0.3, 0.4) is 0 Å². The molecule has 0 aliphatic heterocycles. The summed E-state index contributed by atoms with van der Waals surface area (Å²) >= 11 is 0. The molecule has 0 aromatic carbocycles. The molecule has 3 N–H and O–H groups in total. The zero-order valence-corrected chi connectivity index (χ0v) is 12.7. The van der Waals surface area contributed by atoms with Crippen LogP contribution in [0.15, 0.2) is 0 Å². The molecule has 0 aromatic heterocycles. The Balaban J connectivity index is 0.00000133. The monoisotopic (exact) mass is 286 g/mol. The maximum Gasteiger partial charge on any atom is 0.224 e. The summed E-state index contributed by atoms with van der Waals surface area (Å²) in [6, 6.07) is 0. The van der Waals surface area contributed by atoms with Crippen molar-refractivity contribution < 1.29 is 4.79 Å². The van der Waals surface area contributed by atoms with E-state index in [9.17, 15) is 4.79 Å². The fraction of sp³-hybridized carbons (Fsp3) is 0.933. The van der Waals surface area contributed by atoms with Crippen LogP contribution in [0.5, 0.6) is 0 Å². The van der Waals surface area contributed by atoms with Gasteiger partial charge in [0.15, 0.2) is 0 Å². The third-order valence-electron chi connectivity index (χ3n) is 5.60. The Morgan fingerprint density at radius 3 is 2.11 bits per heavy atom. The predicted octanol–water partition coefficient (Wildman–Crippen LogP) is 2.34. The summed E-state index contributed by atoms with van der Waals surface area (Å²) in [5.41, 5.74) is 5.99. The smallest absolute Gasteiger partial charge is 0.224 e. The summed E-state index contributed by atoms with van der Waals surface area (Å²) < 4.78 is 0. The van der Waals surface area contributed by atoms with Gasteiger partial charge in [0.2, 0.25) is 5.91 Å². The summed E-state index contributed by atoms with van der Waals surface area (Å²) in [4.78, 5) is 11.9. The minimum absolute atomic E-state index is 0. The number of hydrogen-bond donors (Lipinski definition) is 2. The van der Waals surface area contributed by atoms with Crippen molar-refractivity contribution in [1.82, 2.24) is 5.32 Å². The van der Waals surface area contributed by atoms with E-state index >= 15 is 0 Å². The van der Waals surface area contributed by atoms with Gasteiger partial charge in [-0.2, -0.15) is 0 Å². The maximum atomic E-state index is 11.9. The molecule has 4 saturated carbocycles. The van der Waals surface area contributed by atoms with Gasteiger partial charge in [0.25, 0.3) is 0 Å². The number of amides is 1. The van der Waals surface area contributed by atoms with E-state index in [1.54, 1.807) is 0 Å². The minimum Gasteiger partial charge on any atom is -0.355 e. The molecule has 4 rings (SSSR count). The molecule has 0 aromatic rings. The van der Waals surface area contributed by atoms with E-state index in [0.717, 1.165) is 24.3 Å². The van der Waals surface area contributed by atoms with E-state index in [1.165, 1.54) is 38.5 Å². The van der Waals surface area contributed by atoms with Gasteiger partial charge in [-0.05, 0) is 61.7 Å². The number of rotatable bonds is 4. The highest BCUT2D eigenvalue weighted by Gasteiger charge is 2.50. The Morgan fingerprint density at radius 2 is 1.68 bits per heavy atom. The molecular formula is C15H27ClN2O. The second-order valence-electron chi connectivity index (χ2n) is 7.27. The van der Waals surface area contributed by atoms with Crippen LogP contribution < -0.4 is 11.1 Å². The maximum absolute atomic E-state index is 11.9. The van der Waals surface area contributed by atoms with Crippen LogP contribution in [0, 0.1) is 29.1 Å². The van der Waals surface area contributed by atoms with Crippen LogP contribution in [0.4, 0.5) is 0 Å². The van der Waals surface area contributed by atoms with Crippen molar-refractivity contribution in [3.63, 3.8) is 0 Å². The molecule has 0 radical (unpaired) electrons. The lowest BCUT2D eigenvalue weighted by atomic mass is 9.49. The molecule has 1 atom stereocenters. The normalized spacial score (nSPS) is 40.6. The molecule has 4 aliphatic rings. The summed E-state index contributed by atoms with van der Waals surface area (Å²) in [6.07, 6.45) is 8.47. The molecular weight excluding hydrogens is 260 g/mol. The third-order valence-corrected chi connectivity index (χ3v) is 5.60. The number of hydrogen-bond acceptors (Lipinski definition) is 2. The van der Waals surface area contributed by atoms with Gasteiger partial charge in [-0.1, -0.05) is 6.92 Å². The first kappa shape index (κ1) is 15.1. The van der Waals surface area contributed by atoms with Crippen molar-refractivity contribution in [1.29, 1.82) is 0 Å². The summed E-state index contributed by atoms with van der Waals surface area (Å²) in [6.45, 7) is 3.27. The van der Waals surface area contributed by atoms with Gasteiger partial charge >= 0.3 is 0 Å². The predicted molar refractivity (Wildman–Crippen MR) is 79.1 cm³/mol. The van der Waals surface area contributed by atoms with Crippen LogP contribution in [-0.2, 0) is 4.79 Å². The fourth-order valence-electron chi connectivity index (χ4n) is 5.06. The highest BCUT2D eigenvalue weighted by Crippen LogP contribution is 2.59. The van der Waals surface area contributed by atoms with E-state index in [-0.39, 0.29) is 24.2 Å². The first-order valence-corrected chi connectivity index (χ1v) is 7.58. The van der Waals surface area contributed by atoms with Crippen molar-refractivity contribution in [2.75, 3.05) is 13.1 Å². The Hall–Kier alpha value is -0.280. The standard InChI is InChI=1S/C15H26N2O.ClH/c1-10(8-16)14(18)17-9-15-5-11-2-12(6-15)4-13(3-11)7-15;/h10-13H,2-9,16H2,1H3,(H,17,18);1H. The molecule has 4 fully saturated rings. The van der Waals surface area contributed by atoms with Gasteiger partial charge in [0, 0.05) is 19.0 Å². The first-order chi connectivity index (χ1) is 8.60. The molecule has 110 valence electrons. The average Bonchev–Trinajstić information content (AvgIpc) is 2.33. The van der Waals surface area contributed by atoms with Crippen LogP contribution >= 0.6 is 12.4 Å². The van der Waals surface area contributed by atoms with Gasteiger partial charge in [-0.3, -0.25) is 4.79 Å². The van der Waals surface area contributed by atoms with Gasteiger partial charge in [-0.25, -0.2) is 0 Å². The Kier molecular flexibility index (Phi) is 4.46. The largest absolute Gasteiger partial charge is 0.355 e. The van der Waals surface area contributed by atoms with Crippen LogP contribution in [-0.4, -0.2) is 19.0 Å². The highest BCUT2D eigenvalue weighted by atomic mass is 35.5. The highest BCUT2D eigenvalue weighted by molar-refractivity contribution is 5.85. The van der Waals surface area contributed by atoms with Gasteiger partial charge in [0.1, 0.15) is 0 Å². The molecule has 4 aliphatic carbocycles. The number of nitrogens with two attached hydrogens (primary N) is 1. The van der Waals surface area contributed by atoms with E-state index in [0.29, 0.717) is 12.0 Å². The van der Waals surface area contributed by atoms with Crippen molar-refractivity contribution in [2.24, 2.45) is 34.8 Å². The topological polar surface area (TPSA) is 55.1 Å². The number of halogens is 1. The van der Waals surface area contributed by atoms with E-state index < -0.39 is 0 Å². The molecule has 0 spiro atoms. The second-order valence-corrected chi connectivity index (χ2v) is 7.27. The lowest BCUT2D eigenvalue weighted by Crippen LogP contribution is -2.51. The first-order valence-electron chi connectivity index (χ1n) is 7.58. The Bertz CT molecular complexity index is 310. The molecule has 0 heterocycles. The third kappa shape index (κ3) is 2.92. The molecule has 0 saturated heterocycles. The van der Waals surface area contributed by atoms with Crippen LogP contribution in [0.25, 0.3) is 0 Å². The van der Waals surface area contributed by atoms with Crippen LogP contribution in [0.2, 0.25) is 0 Å². The zero-order chi connectivity index (χ0) is 12.8. The Morgan fingerprint density at radius 1 is 1.21 bits per heavy atom. The molecule has 1 unspecified atom stereocenters. The molecule has 19 heavy (non-hydrogen) atoms. The summed E-state index contributed by atoms with van der Waals surface area (Å²) in [5.74, 6) is 2.98. The van der Waals surface area contributed by atoms with Crippen molar-refractivity contribution >= 4 is 18.3 Å². The van der Waals surface area contributed by atoms with Crippen molar-refractivity contribution in [3.8, 4) is 0 Å². The van der Waals surface area contributed by atoms with Crippen molar-refractivity contribution in [3.05, 3.63) is 0 Å². The van der Waals surface area contributed by atoms with E-state index in [2.05, 4.69) is 5.32 Å². The molecule has 4 heteroatoms. The lowest BCUT2D eigenvalue weighted by molar-refractivity contribution is -0.126. The minimum atomic E-state index is -0.0427. The lowest BCUT2D eigenvalue weighted by Gasteiger charge is -2.57. The summed E-state index contributed by atoms with van der Waals surface area (Å²) in [5, 5.41) is 3.17. The van der Waals surface area contributed by atoms with E-state index in [4.69, 9.17) is 5.73 Å². The number of nitrogens with one attached hydrogen (secondary N) is 1. The molecule has 1 amide bonds.